The van der Waals surface area contributed by atoms with E-state index in [1.807, 2.05) is 0 Å². The Hall–Kier alpha value is -2.41. The van der Waals surface area contributed by atoms with Crippen molar-refractivity contribution in [3.63, 3.8) is 0 Å². The van der Waals surface area contributed by atoms with Gasteiger partial charge in [-0.1, -0.05) is 0 Å². The molecule has 100 valence electrons. The maximum Gasteiger partial charge on any atom is 0.339 e. The molecule has 0 amide bonds. The van der Waals surface area contributed by atoms with E-state index in [2.05, 4.69) is 4.98 Å². The minimum Gasteiger partial charge on any atom is -0.464 e. The molecule has 2 rings (SSSR count). The maximum atomic E-state index is 11.5. The van der Waals surface area contributed by atoms with Crippen molar-refractivity contribution < 1.29 is 19.6 Å². The fourth-order valence-corrected chi connectivity index (χ4v) is 1.82. The number of ether oxygens (including phenoxy) is 1. The van der Waals surface area contributed by atoms with Gasteiger partial charge in [-0.2, -0.15) is 0 Å². The molecule has 0 bridgehead atoms. The number of nitrogens with zero attached hydrogens (tertiary/aromatic N) is 1. The van der Waals surface area contributed by atoms with Gasteiger partial charge < -0.3 is 14.8 Å². The largest absolute Gasteiger partial charge is 0.464 e. The average Bonchev–Trinajstić information content (AvgIpc) is 2.80. The number of H-pyrrole nitrogens is 1. The molecule has 1 aromatic heterocycles. The number of aromatic nitrogens is 1. The molecule has 2 N–H and O–H groups in total. The molecule has 0 fully saturated rings. The molecule has 7 heteroatoms. The Balaban J connectivity index is 2.46. The molecular weight excluding hydrogens is 252 g/mol. The minimum atomic E-state index is -1.46. The van der Waals surface area contributed by atoms with Crippen LogP contribution in [0.2, 0.25) is 0 Å². The van der Waals surface area contributed by atoms with Gasteiger partial charge in [0.25, 0.3) is 5.69 Å². The number of carbonyl (C=O) groups is 1. The number of nitro benzene ring substituents is 1. The third-order valence-corrected chi connectivity index (χ3v) is 2.71. The number of benzene rings is 1. The Bertz CT molecular complexity index is 634. The Kier molecular flexibility index (Phi) is 3.48. The number of fused-ring (bicyclic) bond motifs is 1. The van der Waals surface area contributed by atoms with Crippen molar-refractivity contribution in [2.24, 2.45) is 0 Å². The lowest BCUT2D eigenvalue weighted by Gasteiger charge is -2.08. The van der Waals surface area contributed by atoms with Crippen molar-refractivity contribution in [2.45, 2.75) is 13.0 Å². The van der Waals surface area contributed by atoms with Crippen LogP contribution in [0.5, 0.6) is 0 Å². The van der Waals surface area contributed by atoms with Crippen molar-refractivity contribution in [3.05, 3.63) is 40.1 Å². The van der Waals surface area contributed by atoms with Crippen LogP contribution in [-0.2, 0) is 9.53 Å². The molecule has 1 heterocycles. The van der Waals surface area contributed by atoms with Gasteiger partial charge in [0.1, 0.15) is 0 Å². The second kappa shape index (κ2) is 5.07. The van der Waals surface area contributed by atoms with Crippen LogP contribution in [-0.4, -0.2) is 27.6 Å². The zero-order valence-electron chi connectivity index (χ0n) is 10.1. The van der Waals surface area contributed by atoms with Crippen molar-refractivity contribution in [1.82, 2.24) is 4.98 Å². The van der Waals surface area contributed by atoms with Gasteiger partial charge in [0.2, 0.25) is 0 Å². The normalized spacial score (nSPS) is 12.3. The van der Waals surface area contributed by atoms with Crippen LogP contribution in [0.25, 0.3) is 10.9 Å². The summed E-state index contributed by atoms with van der Waals surface area (Å²) < 4.78 is 4.72. The number of hydrogen-bond donors (Lipinski definition) is 2. The van der Waals surface area contributed by atoms with Gasteiger partial charge in [0.05, 0.1) is 11.5 Å². The van der Waals surface area contributed by atoms with Gasteiger partial charge in [0, 0.05) is 34.8 Å². The first kappa shape index (κ1) is 13.0. The highest BCUT2D eigenvalue weighted by Crippen LogP contribution is 2.28. The summed E-state index contributed by atoms with van der Waals surface area (Å²) in [4.78, 5) is 24.5. The zero-order valence-corrected chi connectivity index (χ0v) is 10.1. The average molecular weight is 264 g/mol. The highest BCUT2D eigenvalue weighted by molar-refractivity contribution is 5.90. The maximum absolute atomic E-state index is 11.5. The van der Waals surface area contributed by atoms with Crippen LogP contribution in [0, 0.1) is 10.1 Å². The number of non-ortho nitro benzene ring substituents is 1. The van der Waals surface area contributed by atoms with Gasteiger partial charge in [-0.15, -0.1) is 0 Å². The highest BCUT2D eigenvalue weighted by atomic mass is 16.6. The molecule has 2 aromatic rings. The molecule has 0 radical (unpaired) electrons. The van der Waals surface area contributed by atoms with E-state index in [1.54, 1.807) is 6.92 Å². The van der Waals surface area contributed by atoms with E-state index in [1.165, 1.54) is 24.4 Å². The monoisotopic (exact) mass is 264 g/mol. The predicted molar refractivity (Wildman–Crippen MR) is 66.5 cm³/mol. The Morgan fingerprint density at radius 3 is 2.95 bits per heavy atom. The standard InChI is InChI=1S/C12H12N2O5/c1-2-19-12(16)11(15)9-6-13-10-4-3-7(14(17)18)5-8(9)10/h3-6,11,13,15H,2H2,1H3. The second-order valence-corrected chi connectivity index (χ2v) is 3.89. The number of carbonyl (C=O) groups excluding carboxylic acids is 1. The number of rotatable bonds is 4. The van der Waals surface area contributed by atoms with Crippen molar-refractivity contribution in [3.8, 4) is 0 Å². The first-order valence-corrected chi connectivity index (χ1v) is 5.64. The molecule has 0 spiro atoms. The van der Waals surface area contributed by atoms with Crippen LogP contribution >= 0.6 is 0 Å². The quantitative estimate of drug-likeness (QED) is 0.496. The smallest absolute Gasteiger partial charge is 0.339 e. The number of aromatic amines is 1. The third-order valence-electron chi connectivity index (χ3n) is 2.71. The van der Waals surface area contributed by atoms with Gasteiger partial charge in [0.15, 0.2) is 6.10 Å². The number of esters is 1. The molecule has 0 aliphatic rings. The number of hydrogen-bond acceptors (Lipinski definition) is 5. The molecule has 0 saturated heterocycles. The minimum absolute atomic E-state index is 0.107. The van der Waals surface area contributed by atoms with E-state index in [-0.39, 0.29) is 17.9 Å². The summed E-state index contributed by atoms with van der Waals surface area (Å²) in [5.74, 6) is -0.782. The van der Waals surface area contributed by atoms with Crippen LogP contribution in [0.1, 0.15) is 18.6 Å². The number of nitro groups is 1. The summed E-state index contributed by atoms with van der Waals surface area (Å²) >= 11 is 0. The van der Waals surface area contributed by atoms with E-state index in [0.717, 1.165) is 0 Å². The summed E-state index contributed by atoms with van der Waals surface area (Å²) in [5.41, 5.74) is 0.755. The van der Waals surface area contributed by atoms with E-state index >= 15 is 0 Å². The summed E-state index contributed by atoms with van der Waals surface area (Å²) in [6.45, 7) is 1.78. The summed E-state index contributed by atoms with van der Waals surface area (Å²) in [5, 5.41) is 21.0. The topological polar surface area (TPSA) is 105 Å². The van der Waals surface area contributed by atoms with Crippen LogP contribution in [0.3, 0.4) is 0 Å². The molecule has 0 aliphatic carbocycles. The highest BCUT2D eigenvalue weighted by Gasteiger charge is 2.23. The summed E-state index contributed by atoms with van der Waals surface area (Å²) in [6, 6.07) is 4.18. The van der Waals surface area contributed by atoms with Gasteiger partial charge in [-0.3, -0.25) is 10.1 Å². The fourth-order valence-electron chi connectivity index (χ4n) is 1.82. The van der Waals surface area contributed by atoms with Gasteiger partial charge >= 0.3 is 5.97 Å². The van der Waals surface area contributed by atoms with Crippen molar-refractivity contribution in [1.29, 1.82) is 0 Å². The molecule has 1 unspecified atom stereocenters. The molecule has 1 aromatic carbocycles. The Labute approximate surface area is 108 Å². The van der Waals surface area contributed by atoms with Gasteiger partial charge in [-0.05, 0) is 13.0 Å². The number of aliphatic hydroxyl groups is 1. The number of aliphatic hydroxyl groups excluding tert-OH is 1. The fraction of sp³-hybridized carbons (Fsp3) is 0.250. The van der Waals surface area contributed by atoms with Crippen molar-refractivity contribution in [2.75, 3.05) is 6.61 Å². The number of nitrogens with one attached hydrogen (secondary N) is 1. The zero-order chi connectivity index (χ0) is 14.0. The SMILES string of the molecule is CCOC(=O)C(O)c1c[nH]c2ccc([N+](=O)[O-])cc12. The lowest BCUT2D eigenvalue weighted by molar-refractivity contribution is -0.384. The van der Waals surface area contributed by atoms with E-state index < -0.39 is 17.0 Å². The predicted octanol–water partition coefficient (Wildman–Crippen LogP) is 1.67. The molecule has 7 nitrogen and oxygen atoms in total. The third kappa shape index (κ3) is 2.41. The lowest BCUT2D eigenvalue weighted by Crippen LogP contribution is -2.15. The van der Waals surface area contributed by atoms with Crippen LogP contribution < -0.4 is 0 Å². The van der Waals surface area contributed by atoms with Crippen LogP contribution in [0.4, 0.5) is 5.69 Å². The van der Waals surface area contributed by atoms with E-state index in [0.29, 0.717) is 10.9 Å². The summed E-state index contributed by atoms with van der Waals surface area (Å²) in [6.07, 6.45) is -0.0219. The van der Waals surface area contributed by atoms with E-state index in [4.69, 9.17) is 4.74 Å². The Morgan fingerprint density at radius 1 is 1.58 bits per heavy atom. The molecule has 19 heavy (non-hydrogen) atoms. The first-order chi connectivity index (χ1) is 9.04. The van der Waals surface area contributed by atoms with Crippen molar-refractivity contribution >= 4 is 22.6 Å². The van der Waals surface area contributed by atoms with E-state index in [9.17, 15) is 20.0 Å². The molecule has 0 aliphatic heterocycles. The van der Waals surface area contributed by atoms with Gasteiger partial charge in [-0.25, -0.2) is 4.79 Å². The van der Waals surface area contributed by atoms with Crippen LogP contribution in [0.15, 0.2) is 24.4 Å². The lowest BCUT2D eigenvalue weighted by atomic mass is 10.1. The Morgan fingerprint density at radius 2 is 2.32 bits per heavy atom. The second-order valence-electron chi connectivity index (χ2n) is 3.89. The first-order valence-electron chi connectivity index (χ1n) is 5.64. The molecule has 1 atom stereocenters. The molecular formula is C12H12N2O5. The summed E-state index contributed by atoms with van der Waals surface area (Å²) in [7, 11) is 0. The molecule has 0 saturated carbocycles.